The van der Waals surface area contributed by atoms with Crippen molar-refractivity contribution in [2.45, 2.75) is 26.9 Å². The molecule has 0 fully saturated rings. The molecule has 0 atom stereocenters. The first kappa shape index (κ1) is 17.9. The lowest BCUT2D eigenvalue weighted by molar-refractivity contribution is -0.137. The van der Waals surface area contributed by atoms with Crippen LogP contribution in [0.15, 0.2) is 17.1 Å². The maximum Gasteiger partial charge on any atom is 0.416 e. The fourth-order valence-corrected chi connectivity index (χ4v) is 2.10. The Bertz CT molecular complexity index is 505. The van der Waals surface area contributed by atoms with Gasteiger partial charge in [0.05, 0.1) is 21.3 Å². The maximum absolute atomic E-state index is 12.6. The van der Waals surface area contributed by atoms with E-state index in [-0.39, 0.29) is 21.7 Å². The summed E-state index contributed by atoms with van der Waals surface area (Å²) in [6.45, 7) is 6.32. The highest BCUT2D eigenvalue weighted by Crippen LogP contribution is 2.38. The predicted octanol–water partition coefficient (Wildman–Crippen LogP) is 5.00. The molecule has 8 heteroatoms. The van der Waals surface area contributed by atoms with Crippen LogP contribution in [0.4, 0.5) is 18.9 Å². The summed E-state index contributed by atoms with van der Waals surface area (Å²) < 4.78 is 37.9. The van der Waals surface area contributed by atoms with Crippen LogP contribution in [0.3, 0.4) is 0 Å². The van der Waals surface area contributed by atoms with Gasteiger partial charge in [0.25, 0.3) is 0 Å². The number of benzene rings is 1. The van der Waals surface area contributed by atoms with Crippen molar-refractivity contribution in [3.05, 3.63) is 27.7 Å². The van der Waals surface area contributed by atoms with Crippen molar-refractivity contribution in [2.24, 2.45) is 10.9 Å². The number of aliphatic imine (C=N–C) groups is 1. The van der Waals surface area contributed by atoms with Crippen molar-refractivity contribution in [1.29, 1.82) is 0 Å². The molecule has 0 aliphatic rings. The van der Waals surface area contributed by atoms with Crippen LogP contribution in [0.2, 0.25) is 10.0 Å². The number of alkyl halides is 3. The molecule has 0 unspecified atom stereocenters. The number of hydrazine groups is 1. The molecular formula is C13H16Cl2F3N3. The van der Waals surface area contributed by atoms with Crippen molar-refractivity contribution in [3.63, 3.8) is 0 Å². The van der Waals surface area contributed by atoms with Crippen LogP contribution < -0.4 is 10.9 Å². The summed E-state index contributed by atoms with van der Waals surface area (Å²) in [5.41, 5.74) is 4.82. The summed E-state index contributed by atoms with van der Waals surface area (Å²) >= 11 is 11.7. The monoisotopic (exact) mass is 341 g/mol. The number of anilines is 1. The Morgan fingerprint density at radius 3 is 2.14 bits per heavy atom. The van der Waals surface area contributed by atoms with Gasteiger partial charge in [-0.25, -0.2) is 0 Å². The molecule has 21 heavy (non-hydrogen) atoms. The molecule has 0 aliphatic carbocycles. The van der Waals surface area contributed by atoms with Crippen LogP contribution in [-0.4, -0.2) is 12.4 Å². The standard InChI is InChI=1S/C13H16Cl2F3N3/c1-4-19-12(7(2)3)21-20-11-9(14)5-8(6-10(11)15)13(16,17)18/h5-7,20H,4H2,1-3H3,(H,19,21). The van der Waals surface area contributed by atoms with E-state index in [0.717, 1.165) is 12.1 Å². The van der Waals surface area contributed by atoms with Crippen LogP contribution in [0.25, 0.3) is 0 Å². The first-order valence-corrected chi connectivity index (χ1v) is 7.05. The van der Waals surface area contributed by atoms with Crippen molar-refractivity contribution in [2.75, 3.05) is 12.0 Å². The highest BCUT2D eigenvalue weighted by atomic mass is 35.5. The first-order chi connectivity index (χ1) is 9.66. The van der Waals surface area contributed by atoms with E-state index >= 15 is 0 Å². The minimum absolute atomic E-state index is 0.115. The Morgan fingerprint density at radius 2 is 1.76 bits per heavy atom. The summed E-state index contributed by atoms with van der Waals surface area (Å²) in [6.07, 6.45) is -4.49. The van der Waals surface area contributed by atoms with Gasteiger partial charge >= 0.3 is 6.18 Å². The van der Waals surface area contributed by atoms with Crippen LogP contribution in [0.5, 0.6) is 0 Å². The minimum Gasteiger partial charge on any atom is -0.297 e. The smallest absolute Gasteiger partial charge is 0.297 e. The molecule has 0 aromatic heterocycles. The fraction of sp³-hybridized carbons (Fsp3) is 0.462. The summed E-state index contributed by atoms with van der Waals surface area (Å²) in [5.74, 6) is 0.772. The number of hydrogen-bond donors (Lipinski definition) is 2. The molecule has 1 rings (SSSR count). The second kappa shape index (κ2) is 7.22. The largest absolute Gasteiger partial charge is 0.416 e. The third kappa shape index (κ3) is 4.97. The molecule has 118 valence electrons. The van der Waals surface area contributed by atoms with Crippen LogP contribution >= 0.6 is 23.2 Å². The van der Waals surface area contributed by atoms with Crippen molar-refractivity contribution in [3.8, 4) is 0 Å². The molecule has 0 radical (unpaired) electrons. The van der Waals surface area contributed by atoms with Crippen LogP contribution in [0.1, 0.15) is 26.3 Å². The highest BCUT2D eigenvalue weighted by Gasteiger charge is 2.32. The molecule has 0 saturated carbocycles. The lowest BCUT2D eigenvalue weighted by Gasteiger charge is -2.18. The quantitative estimate of drug-likeness (QED) is 0.459. The number of rotatable bonds is 4. The molecule has 1 aromatic rings. The van der Waals surface area contributed by atoms with E-state index in [9.17, 15) is 13.2 Å². The molecule has 1 aromatic carbocycles. The third-order valence-electron chi connectivity index (χ3n) is 2.56. The second-order valence-electron chi connectivity index (χ2n) is 4.58. The number of hydrogen-bond acceptors (Lipinski definition) is 2. The molecule has 0 amide bonds. The summed E-state index contributed by atoms with van der Waals surface area (Å²) in [4.78, 5) is 4.23. The van der Waals surface area contributed by atoms with E-state index in [2.05, 4.69) is 15.8 Å². The summed E-state index contributed by atoms with van der Waals surface area (Å²) in [7, 11) is 0. The molecule has 0 aliphatic heterocycles. The van der Waals surface area contributed by atoms with Crippen LogP contribution in [0, 0.1) is 5.92 Å². The SMILES string of the molecule is CCN=C(NNc1c(Cl)cc(C(F)(F)F)cc1Cl)C(C)C. The van der Waals surface area contributed by atoms with E-state index in [1.165, 1.54) is 0 Å². The van der Waals surface area contributed by atoms with Gasteiger partial charge in [0.15, 0.2) is 0 Å². The molecule has 0 bridgehead atoms. The van der Waals surface area contributed by atoms with Crippen molar-refractivity contribution < 1.29 is 13.2 Å². The second-order valence-corrected chi connectivity index (χ2v) is 5.39. The van der Waals surface area contributed by atoms with Gasteiger partial charge in [0, 0.05) is 12.5 Å². The molecule has 0 saturated heterocycles. The first-order valence-electron chi connectivity index (χ1n) is 6.29. The van der Waals surface area contributed by atoms with Gasteiger partial charge in [0.2, 0.25) is 0 Å². The third-order valence-corrected chi connectivity index (χ3v) is 3.16. The Balaban J connectivity index is 2.98. The maximum atomic E-state index is 12.6. The van der Waals surface area contributed by atoms with E-state index in [1.807, 2.05) is 20.8 Å². The predicted molar refractivity (Wildman–Crippen MR) is 81.0 cm³/mol. The van der Waals surface area contributed by atoms with Gasteiger partial charge in [-0.15, -0.1) is 0 Å². The molecule has 3 nitrogen and oxygen atoms in total. The summed E-state index contributed by atoms with van der Waals surface area (Å²) in [5, 5.41) is -0.246. The number of nitrogens with zero attached hydrogens (tertiary/aromatic N) is 1. The Kier molecular flexibility index (Phi) is 6.16. The fourth-order valence-electron chi connectivity index (χ4n) is 1.52. The van der Waals surface area contributed by atoms with Gasteiger partial charge in [-0.05, 0) is 19.1 Å². The van der Waals surface area contributed by atoms with Crippen molar-refractivity contribution >= 4 is 34.7 Å². The lowest BCUT2D eigenvalue weighted by Crippen LogP contribution is -2.33. The van der Waals surface area contributed by atoms with Crippen LogP contribution in [-0.2, 0) is 6.18 Å². The number of halogens is 5. The number of nitrogens with one attached hydrogen (secondary N) is 2. The van der Waals surface area contributed by atoms with Gasteiger partial charge in [-0.1, -0.05) is 37.0 Å². The zero-order valence-corrected chi connectivity index (χ0v) is 13.3. The average Bonchev–Trinajstić information content (AvgIpc) is 2.34. The lowest BCUT2D eigenvalue weighted by atomic mass is 10.2. The Hall–Kier alpha value is -1.14. The van der Waals surface area contributed by atoms with E-state index in [4.69, 9.17) is 23.2 Å². The Morgan fingerprint density at radius 1 is 1.24 bits per heavy atom. The van der Waals surface area contributed by atoms with Gasteiger partial charge < -0.3 is 0 Å². The highest BCUT2D eigenvalue weighted by molar-refractivity contribution is 6.39. The van der Waals surface area contributed by atoms with Gasteiger partial charge in [0.1, 0.15) is 5.84 Å². The minimum atomic E-state index is -4.49. The van der Waals surface area contributed by atoms with E-state index < -0.39 is 11.7 Å². The molecular weight excluding hydrogens is 326 g/mol. The average molecular weight is 342 g/mol. The normalized spacial score (nSPS) is 12.7. The topological polar surface area (TPSA) is 36.4 Å². The number of amidine groups is 1. The zero-order valence-electron chi connectivity index (χ0n) is 11.8. The molecule has 0 heterocycles. The van der Waals surface area contributed by atoms with E-state index in [1.54, 1.807) is 0 Å². The van der Waals surface area contributed by atoms with Gasteiger partial charge in [-0.3, -0.25) is 15.8 Å². The Labute approximate surface area is 131 Å². The molecule has 0 spiro atoms. The van der Waals surface area contributed by atoms with E-state index in [0.29, 0.717) is 12.4 Å². The summed E-state index contributed by atoms with van der Waals surface area (Å²) in [6, 6.07) is 1.65. The van der Waals surface area contributed by atoms with Gasteiger partial charge in [-0.2, -0.15) is 13.2 Å². The molecule has 2 N–H and O–H groups in total. The zero-order chi connectivity index (χ0) is 16.2. The van der Waals surface area contributed by atoms with Crippen molar-refractivity contribution in [1.82, 2.24) is 5.43 Å².